The van der Waals surface area contributed by atoms with E-state index in [2.05, 4.69) is 14.9 Å². The highest BCUT2D eigenvalue weighted by molar-refractivity contribution is 7.90. The van der Waals surface area contributed by atoms with Crippen LogP contribution < -0.4 is 4.90 Å². The molecule has 0 aliphatic carbocycles. The summed E-state index contributed by atoms with van der Waals surface area (Å²) in [5.74, 6) is 1.66. The molecule has 122 valence electrons. The summed E-state index contributed by atoms with van der Waals surface area (Å²) in [5, 5.41) is 0. The summed E-state index contributed by atoms with van der Waals surface area (Å²) in [5.41, 5.74) is 0.964. The van der Waals surface area contributed by atoms with Crippen molar-refractivity contribution in [2.75, 3.05) is 23.5 Å². The molecule has 0 saturated carbocycles. The molecule has 6 heteroatoms. The molecule has 23 heavy (non-hydrogen) atoms. The molecule has 1 aliphatic rings. The summed E-state index contributed by atoms with van der Waals surface area (Å²) in [6.45, 7) is 0.839. The van der Waals surface area contributed by atoms with Gasteiger partial charge in [0.25, 0.3) is 0 Å². The van der Waals surface area contributed by atoms with Crippen LogP contribution in [0, 0.1) is 0 Å². The first-order valence-electron chi connectivity index (χ1n) is 7.86. The fourth-order valence-corrected chi connectivity index (χ4v) is 4.11. The fraction of sp³-hybridized carbons (Fsp3) is 0.412. The van der Waals surface area contributed by atoms with Crippen LogP contribution in [0.5, 0.6) is 0 Å². The number of rotatable bonds is 4. The van der Waals surface area contributed by atoms with Crippen molar-refractivity contribution in [3.63, 3.8) is 0 Å². The van der Waals surface area contributed by atoms with Gasteiger partial charge in [0, 0.05) is 30.6 Å². The number of benzene rings is 1. The first kappa shape index (κ1) is 15.9. The van der Waals surface area contributed by atoms with Crippen LogP contribution in [0.4, 0.5) is 5.82 Å². The molecule has 3 rings (SSSR count). The van der Waals surface area contributed by atoms with Gasteiger partial charge in [-0.05, 0) is 25.3 Å². The van der Waals surface area contributed by atoms with Crippen LogP contribution in [0.3, 0.4) is 0 Å². The Bertz CT molecular complexity index is 762. The van der Waals surface area contributed by atoms with E-state index in [1.165, 1.54) is 6.26 Å². The normalized spacial score (nSPS) is 18.8. The Morgan fingerprint density at radius 2 is 1.96 bits per heavy atom. The van der Waals surface area contributed by atoms with E-state index >= 15 is 0 Å². The zero-order valence-corrected chi connectivity index (χ0v) is 14.0. The van der Waals surface area contributed by atoms with Gasteiger partial charge in [-0.3, -0.25) is 0 Å². The van der Waals surface area contributed by atoms with Crippen molar-refractivity contribution in [2.24, 2.45) is 0 Å². The second kappa shape index (κ2) is 6.66. The van der Waals surface area contributed by atoms with Gasteiger partial charge in [0.1, 0.15) is 15.7 Å². The lowest BCUT2D eigenvalue weighted by Gasteiger charge is -2.36. The Morgan fingerprint density at radius 1 is 1.17 bits per heavy atom. The smallest absolute Gasteiger partial charge is 0.161 e. The number of aromatic nitrogens is 2. The highest BCUT2D eigenvalue weighted by atomic mass is 32.2. The molecule has 1 atom stereocenters. The molecular weight excluding hydrogens is 310 g/mol. The number of nitrogens with zero attached hydrogens (tertiary/aromatic N) is 3. The molecule has 1 saturated heterocycles. The summed E-state index contributed by atoms with van der Waals surface area (Å²) in [4.78, 5) is 11.1. The van der Waals surface area contributed by atoms with Crippen LogP contribution in [-0.4, -0.2) is 43.0 Å². The monoisotopic (exact) mass is 331 g/mol. The van der Waals surface area contributed by atoms with Crippen molar-refractivity contribution < 1.29 is 8.42 Å². The third-order valence-electron chi connectivity index (χ3n) is 4.09. The lowest BCUT2D eigenvalue weighted by atomic mass is 10.0. The zero-order valence-electron chi connectivity index (χ0n) is 13.2. The van der Waals surface area contributed by atoms with E-state index in [9.17, 15) is 8.42 Å². The van der Waals surface area contributed by atoms with Crippen molar-refractivity contribution in [1.82, 2.24) is 9.97 Å². The van der Waals surface area contributed by atoms with Gasteiger partial charge in [0.2, 0.25) is 0 Å². The van der Waals surface area contributed by atoms with Crippen molar-refractivity contribution in [3.05, 3.63) is 42.6 Å². The Balaban J connectivity index is 1.90. The number of piperidine rings is 1. The van der Waals surface area contributed by atoms with Crippen LogP contribution in [0.25, 0.3) is 11.4 Å². The average Bonchev–Trinajstić information content (AvgIpc) is 2.55. The van der Waals surface area contributed by atoms with Crippen molar-refractivity contribution in [3.8, 4) is 11.4 Å². The third-order valence-corrected chi connectivity index (χ3v) is 5.08. The van der Waals surface area contributed by atoms with E-state index in [0.717, 1.165) is 37.2 Å². The maximum Gasteiger partial charge on any atom is 0.161 e. The fourth-order valence-electron chi connectivity index (χ4n) is 3.06. The Labute approximate surface area is 137 Å². The maximum absolute atomic E-state index is 11.7. The van der Waals surface area contributed by atoms with E-state index in [-0.39, 0.29) is 11.8 Å². The van der Waals surface area contributed by atoms with Gasteiger partial charge in [0.05, 0.1) is 5.75 Å². The predicted octanol–water partition coefficient (Wildman–Crippen LogP) is 2.55. The molecule has 5 nitrogen and oxygen atoms in total. The topological polar surface area (TPSA) is 63.2 Å². The Hall–Kier alpha value is -1.95. The molecule has 0 N–H and O–H groups in total. The van der Waals surface area contributed by atoms with E-state index in [1.807, 2.05) is 36.4 Å². The first-order chi connectivity index (χ1) is 11.0. The SMILES string of the molecule is CS(=O)(=O)C[C@H]1CCCCN1c1ccnc(-c2ccccc2)n1. The van der Waals surface area contributed by atoms with E-state index < -0.39 is 9.84 Å². The largest absolute Gasteiger partial charge is 0.352 e. The summed E-state index contributed by atoms with van der Waals surface area (Å²) in [6, 6.07) is 11.7. The number of sulfone groups is 1. The van der Waals surface area contributed by atoms with Crippen LogP contribution in [-0.2, 0) is 9.84 Å². The Morgan fingerprint density at radius 3 is 2.70 bits per heavy atom. The van der Waals surface area contributed by atoms with E-state index in [0.29, 0.717) is 5.82 Å². The lowest BCUT2D eigenvalue weighted by molar-refractivity contribution is 0.477. The highest BCUT2D eigenvalue weighted by Gasteiger charge is 2.27. The average molecular weight is 331 g/mol. The van der Waals surface area contributed by atoms with Crippen LogP contribution in [0.15, 0.2) is 42.6 Å². The van der Waals surface area contributed by atoms with Gasteiger partial charge in [-0.15, -0.1) is 0 Å². The molecule has 1 aromatic heterocycles. The van der Waals surface area contributed by atoms with Gasteiger partial charge in [0.15, 0.2) is 5.82 Å². The summed E-state index contributed by atoms with van der Waals surface area (Å²) in [6.07, 6.45) is 6.06. The molecule has 0 bridgehead atoms. The predicted molar refractivity (Wildman–Crippen MR) is 92.2 cm³/mol. The molecular formula is C17H21N3O2S. The van der Waals surface area contributed by atoms with Crippen LogP contribution in [0.1, 0.15) is 19.3 Å². The van der Waals surface area contributed by atoms with E-state index in [1.54, 1.807) is 6.20 Å². The van der Waals surface area contributed by atoms with Gasteiger partial charge < -0.3 is 4.90 Å². The molecule has 1 aliphatic heterocycles. The molecule has 2 heterocycles. The molecule has 2 aromatic rings. The first-order valence-corrected chi connectivity index (χ1v) is 9.92. The van der Waals surface area contributed by atoms with Gasteiger partial charge in [-0.2, -0.15) is 0 Å². The molecule has 1 fully saturated rings. The third kappa shape index (κ3) is 4.07. The second-order valence-electron chi connectivity index (χ2n) is 6.04. The van der Waals surface area contributed by atoms with E-state index in [4.69, 9.17) is 0 Å². The molecule has 1 aromatic carbocycles. The van der Waals surface area contributed by atoms with Gasteiger partial charge in [-0.1, -0.05) is 30.3 Å². The standard InChI is InChI=1S/C17H21N3O2S/c1-23(21,22)13-15-9-5-6-12-20(15)16-10-11-18-17(19-16)14-7-3-2-4-8-14/h2-4,7-8,10-11,15H,5-6,9,12-13H2,1H3/t15-/m1/s1. The second-order valence-corrected chi connectivity index (χ2v) is 8.22. The zero-order chi connectivity index (χ0) is 16.3. The minimum absolute atomic E-state index is 0.00252. The molecule has 0 radical (unpaired) electrons. The molecule has 0 spiro atoms. The van der Waals surface area contributed by atoms with Crippen LogP contribution in [0.2, 0.25) is 0 Å². The molecule has 0 amide bonds. The number of hydrogen-bond acceptors (Lipinski definition) is 5. The van der Waals surface area contributed by atoms with Crippen molar-refractivity contribution in [1.29, 1.82) is 0 Å². The minimum Gasteiger partial charge on any atom is -0.352 e. The lowest BCUT2D eigenvalue weighted by Crippen LogP contribution is -2.44. The molecule has 0 unspecified atom stereocenters. The van der Waals surface area contributed by atoms with Crippen molar-refractivity contribution in [2.45, 2.75) is 25.3 Å². The van der Waals surface area contributed by atoms with Gasteiger partial charge in [-0.25, -0.2) is 18.4 Å². The van der Waals surface area contributed by atoms with Crippen molar-refractivity contribution >= 4 is 15.7 Å². The highest BCUT2D eigenvalue weighted by Crippen LogP contribution is 2.25. The summed E-state index contributed by atoms with van der Waals surface area (Å²) in [7, 11) is -3.01. The number of anilines is 1. The summed E-state index contributed by atoms with van der Waals surface area (Å²) >= 11 is 0. The summed E-state index contributed by atoms with van der Waals surface area (Å²) < 4.78 is 23.4. The quantitative estimate of drug-likeness (QED) is 0.861. The van der Waals surface area contributed by atoms with Crippen LogP contribution >= 0.6 is 0 Å². The minimum atomic E-state index is -3.01. The maximum atomic E-state index is 11.7. The van der Waals surface area contributed by atoms with Gasteiger partial charge >= 0.3 is 0 Å². The Kier molecular flexibility index (Phi) is 4.61. The number of hydrogen-bond donors (Lipinski definition) is 0.